The fraction of sp³-hybridized carbons (Fsp3) is 0.594. The molecule has 0 unspecified atom stereocenters. The monoisotopic (exact) mass is 615 g/mol. The summed E-state index contributed by atoms with van der Waals surface area (Å²) in [6.07, 6.45) is 3.56. The molecular weight excluding hydrogens is 574 g/mol. The van der Waals surface area contributed by atoms with Crippen LogP contribution >= 0.6 is 11.6 Å². The molecule has 1 aromatic carbocycles. The number of aliphatic hydroxyl groups excluding tert-OH is 2. The Morgan fingerprint density at radius 2 is 1.81 bits per heavy atom. The van der Waals surface area contributed by atoms with Gasteiger partial charge in [-0.2, -0.15) is 0 Å². The number of likely N-dealkylation sites (N-methyl/N-ethyl adjacent to an activating group) is 1. The molecule has 5 rings (SSSR count). The van der Waals surface area contributed by atoms with Crippen molar-refractivity contribution < 1.29 is 34.8 Å². The van der Waals surface area contributed by atoms with Crippen LogP contribution in [0.1, 0.15) is 67.9 Å². The van der Waals surface area contributed by atoms with Gasteiger partial charge in [-0.1, -0.05) is 32.4 Å². The van der Waals surface area contributed by atoms with Crippen molar-refractivity contribution in [2.75, 3.05) is 27.2 Å². The molecule has 4 aliphatic rings. The number of Topliss-reactive ketones (excluding diaryl/α,β-unsaturated/α-hetero) is 2. The van der Waals surface area contributed by atoms with E-state index in [1.54, 1.807) is 14.1 Å². The maximum atomic E-state index is 13.9. The number of phenolic OH excluding ortho intramolecular Hbond substituents is 1. The molecular formula is C32H42ClN3O7. The van der Waals surface area contributed by atoms with E-state index in [1.165, 1.54) is 23.8 Å². The number of halogens is 1. The standard InChI is InChI=1S/C32H42ClN3O7/c1-31(2,3)8-9-36(13-15-6-7-15)14-17-12-20(37)22-18(24(17)33)10-16-11-19-25(35(4)5)27(39)23(30(34)42)29(41)32(19,43)28(40)21(16)26(22)38/h12,15-16,19,25,37,39-40,43H,6-11,13-14H2,1-5H3,(H2,34,42)/t16-,19-,25-,32-/m0/s1. The number of phenols is 1. The number of ketones is 2. The second kappa shape index (κ2) is 10.9. The van der Waals surface area contributed by atoms with E-state index in [-0.39, 0.29) is 35.1 Å². The average molecular weight is 616 g/mol. The molecule has 0 aromatic heterocycles. The van der Waals surface area contributed by atoms with Gasteiger partial charge >= 0.3 is 0 Å². The van der Waals surface area contributed by atoms with Gasteiger partial charge in [-0.15, -0.1) is 0 Å². The zero-order valence-corrected chi connectivity index (χ0v) is 26.2. The van der Waals surface area contributed by atoms with Crippen molar-refractivity contribution in [3.63, 3.8) is 0 Å². The molecule has 1 saturated carbocycles. The lowest BCUT2D eigenvalue weighted by molar-refractivity contribution is -0.148. The van der Waals surface area contributed by atoms with Gasteiger partial charge in [0.25, 0.3) is 5.91 Å². The zero-order valence-electron chi connectivity index (χ0n) is 25.4. The lowest BCUT2D eigenvalue weighted by atomic mass is 9.58. The van der Waals surface area contributed by atoms with Crippen LogP contribution < -0.4 is 5.73 Å². The molecule has 1 aromatic rings. The third-order valence-corrected chi connectivity index (χ3v) is 9.99. The predicted molar refractivity (Wildman–Crippen MR) is 161 cm³/mol. The van der Waals surface area contributed by atoms with Gasteiger partial charge in [-0.05, 0) is 87.2 Å². The van der Waals surface area contributed by atoms with Crippen LogP contribution in [0, 0.1) is 23.2 Å². The molecule has 4 aliphatic carbocycles. The number of carbonyl (C=O) groups excluding carboxylic acids is 3. The van der Waals surface area contributed by atoms with Crippen LogP contribution in [-0.4, -0.2) is 86.5 Å². The molecule has 6 N–H and O–H groups in total. The molecule has 0 spiro atoms. The highest BCUT2D eigenvalue weighted by molar-refractivity contribution is 6.33. The minimum atomic E-state index is -2.67. The molecule has 10 nitrogen and oxygen atoms in total. The van der Waals surface area contributed by atoms with Crippen LogP contribution in [0.3, 0.4) is 0 Å². The van der Waals surface area contributed by atoms with Crippen molar-refractivity contribution in [3.05, 3.63) is 50.4 Å². The quantitative estimate of drug-likeness (QED) is 0.276. The highest BCUT2D eigenvalue weighted by Crippen LogP contribution is 2.53. The third-order valence-electron chi connectivity index (χ3n) is 9.52. The number of primary amides is 1. The number of aromatic hydroxyl groups is 1. The van der Waals surface area contributed by atoms with E-state index in [2.05, 4.69) is 25.7 Å². The average Bonchev–Trinajstić information content (AvgIpc) is 3.70. The number of rotatable bonds is 8. The first-order valence-corrected chi connectivity index (χ1v) is 15.3. The number of nitrogens with two attached hydrogens (primary N) is 1. The van der Waals surface area contributed by atoms with Gasteiger partial charge in [0.2, 0.25) is 5.78 Å². The molecule has 234 valence electrons. The maximum Gasteiger partial charge on any atom is 0.255 e. The number of nitrogens with zero attached hydrogens (tertiary/aromatic N) is 2. The van der Waals surface area contributed by atoms with Crippen molar-refractivity contribution in [2.45, 2.75) is 71.1 Å². The number of carbonyl (C=O) groups is 3. The molecule has 0 bridgehead atoms. The van der Waals surface area contributed by atoms with E-state index < -0.39 is 58.0 Å². The second-order valence-corrected chi connectivity index (χ2v) is 14.6. The summed E-state index contributed by atoms with van der Waals surface area (Å²) in [5, 5.41) is 45.7. The molecule has 1 fully saturated rings. The summed E-state index contributed by atoms with van der Waals surface area (Å²) in [7, 11) is 3.20. The largest absolute Gasteiger partial charge is 0.510 e. The van der Waals surface area contributed by atoms with Gasteiger partial charge in [-0.3, -0.25) is 24.2 Å². The van der Waals surface area contributed by atoms with Crippen LogP contribution in [0.25, 0.3) is 0 Å². The van der Waals surface area contributed by atoms with E-state index in [1.807, 2.05) is 0 Å². The molecule has 0 saturated heterocycles. The number of aliphatic hydroxyl groups is 3. The van der Waals surface area contributed by atoms with Crippen molar-refractivity contribution in [3.8, 4) is 5.75 Å². The lowest BCUT2D eigenvalue weighted by Gasteiger charge is -2.50. The van der Waals surface area contributed by atoms with Crippen LogP contribution in [0.4, 0.5) is 0 Å². The summed E-state index contributed by atoms with van der Waals surface area (Å²) >= 11 is 6.98. The zero-order chi connectivity index (χ0) is 31.8. The Bertz CT molecular complexity index is 1460. The summed E-state index contributed by atoms with van der Waals surface area (Å²) in [5.74, 6) is -6.12. The molecule has 0 aliphatic heterocycles. The Balaban J connectivity index is 1.56. The number of allylic oxidation sites excluding steroid dienone is 1. The topological polar surface area (TPSA) is 165 Å². The number of fused-ring (bicyclic) bond motifs is 3. The van der Waals surface area contributed by atoms with Gasteiger partial charge in [0.1, 0.15) is 22.8 Å². The Labute approximate surface area is 256 Å². The minimum absolute atomic E-state index is 0.0203. The van der Waals surface area contributed by atoms with Crippen molar-refractivity contribution in [2.24, 2.45) is 28.9 Å². The van der Waals surface area contributed by atoms with Crippen LogP contribution in [0.15, 0.2) is 28.7 Å². The summed E-state index contributed by atoms with van der Waals surface area (Å²) in [6.45, 7) is 8.89. The summed E-state index contributed by atoms with van der Waals surface area (Å²) < 4.78 is 0. The summed E-state index contributed by atoms with van der Waals surface area (Å²) in [5.41, 5.74) is 2.94. The van der Waals surface area contributed by atoms with E-state index in [9.17, 15) is 34.8 Å². The fourth-order valence-corrected chi connectivity index (χ4v) is 7.39. The van der Waals surface area contributed by atoms with Crippen molar-refractivity contribution >= 4 is 29.1 Å². The minimum Gasteiger partial charge on any atom is -0.510 e. The Morgan fingerprint density at radius 3 is 2.37 bits per heavy atom. The number of hydrogen-bond donors (Lipinski definition) is 5. The molecule has 4 atom stereocenters. The van der Waals surface area contributed by atoms with Gasteiger partial charge in [0.15, 0.2) is 11.4 Å². The number of benzene rings is 1. The number of amides is 1. The first-order valence-electron chi connectivity index (χ1n) is 14.9. The fourth-order valence-electron chi connectivity index (χ4n) is 7.10. The van der Waals surface area contributed by atoms with Crippen LogP contribution in [-0.2, 0) is 22.6 Å². The van der Waals surface area contributed by atoms with Gasteiger partial charge in [-0.25, -0.2) is 0 Å². The first kappa shape index (κ1) is 31.5. The maximum absolute atomic E-state index is 13.9. The molecule has 0 heterocycles. The smallest absolute Gasteiger partial charge is 0.255 e. The summed E-state index contributed by atoms with van der Waals surface area (Å²) in [4.78, 5) is 43.4. The second-order valence-electron chi connectivity index (χ2n) is 14.2. The van der Waals surface area contributed by atoms with Crippen molar-refractivity contribution in [1.82, 2.24) is 9.80 Å². The van der Waals surface area contributed by atoms with Gasteiger partial charge < -0.3 is 26.2 Å². The third kappa shape index (κ3) is 5.36. The Morgan fingerprint density at radius 1 is 1.16 bits per heavy atom. The Kier molecular flexibility index (Phi) is 7.99. The van der Waals surface area contributed by atoms with Crippen LogP contribution in [0.5, 0.6) is 5.75 Å². The summed E-state index contributed by atoms with van der Waals surface area (Å²) in [6, 6.07) is 0.452. The normalized spacial score (nSPS) is 27.5. The highest BCUT2D eigenvalue weighted by atomic mass is 35.5. The molecule has 43 heavy (non-hydrogen) atoms. The van der Waals surface area contributed by atoms with Gasteiger partial charge in [0.05, 0.1) is 11.6 Å². The van der Waals surface area contributed by atoms with E-state index >= 15 is 0 Å². The van der Waals surface area contributed by atoms with Crippen LogP contribution in [0.2, 0.25) is 5.02 Å². The molecule has 1 amide bonds. The molecule has 0 radical (unpaired) electrons. The highest BCUT2D eigenvalue weighted by Gasteiger charge is 2.63. The Hall–Kier alpha value is -2.92. The predicted octanol–water partition coefficient (Wildman–Crippen LogP) is 3.42. The van der Waals surface area contributed by atoms with Gasteiger partial charge in [0, 0.05) is 29.6 Å². The first-order chi connectivity index (χ1) is 20.0. The van der Waals surface area contributed by atoms with E-state index in [0.29, 0.717) is 28.6 Å². The van der Waals surface area contributed by atoms with Crippen molar-refractivity contribution in [1.29, 1.82) is 0 Å². The lowest BCUT2D eigenvalue weighted by Crippen LogP contribution is -2.63. The molecule has 11 heteroatoms. The van der Waals surface area contributed by atoms with E-state index in [0.717, 1.165) is 19.5 Å². The number of hydrogen-bond acceptors (Lipinski definition) is 9. The van der Waals surface area contributed by atoms with E-state index in [4.69, 9.17) is 17.3 Å². The SMILES string of the molecule is CN(C)[C@@H]1C(O)=C(C(N)=O)C(=O)[C@@]2(O)C(O)=C3C(=O)c4c(O)cc(CN(CCC(C)(C)C)CC5CC5)c(Cl)c4C[C@H]3C[C@@H]12.